The summed E-state index contributed by atoms with van der Waals surface area (Å²) in [7, 11) is 0. The van der Waals surface area contributed by atoms with Crippen LogP contribution in [-0.2, 0) is 6.54 Å². The summed E-state index contributed by atoms with van der Waals surface area (Å²) in [5, 5.41) is 3.84. The molecule has 4 nitrogen and oxygen atoms in total. The Morgan fingerprint density at radius 3 is 2.88 bits per heavy atom. The molecule has 1 heterocycles. The van der Waals surface area contributed by atoms with Crippen molar-refractivity contribution in [3.8, 4) is 0 Å². The van der Waals surface area contributed by atoms with Gasteiger partial charge in [-0.05, 0) is 18.2 Å². The van der Waals surface area contributed by atoms with E-state index in [2.05, 4.69) is 21.0 Å². The van der Waals surface area contributed by atoms with Gasteiger partial charge in [0, 0.05) is 16.1 Å². The van der Waals surface area contributed by atoms with Gasteiger partial charge in [0.25, 0.3) is 5.56 Å². The van der Waals surface area contributed by atoms with Crippen molar-refractivity contribution < 1.29 is 4.39 Å². The van der Waals surface area contributed by atoms with E-state index < -0.39 is 0 Å². The van der Waals surface area contributed by atoms with E-state index in [1.165, 1.54) is 18.3 Å². The molecule has 0 atom stereocenters. The lowest BCUT2D eigenvalue weighted by atomic mass is 10.2. The van der Waals surface area contributed by atoms with Crippen molar-refractivity contribution in [1.29, 1.82) is 0 Å². The summed E-state index contributed by atoms with van der Waals surface area (Å²) in [6.45, 7) is 0.0738. The Bertz CT molecular complexity index is 612. The summed E-state index contributed by atoms with van der Waals surface area (Å²) >= 11 is 3.25. The molecule has 0 bridgehead atoms. The molecule has 0 saturated carbocycles. The molecule has 0 fully saturated rings. The number of hydrogen-bond donors (Lipinski definition) is 1. The molecule has 88 valence electrons. The third-order valence-electron chi connectivity index (χ3n) is 2.22. The highest BCUT2D eigenvalue weighted by Gasteiger charge is 2.06. The van der Waals surface area contributed by atoms with Crippen LogP contribution in [0.5, 0.6) is 0 Å². The topological polar surface area (TPSA) is 60.9 Å². The van der Waals surface area contributed by atoms with Gasteiger partial charge in [0.1, 0.15) is 5.82 Å². The molecule has 0 amide bonds. The Morgan fingerprint density at radius 1 is 1.41 bits per heavy atom. The summed E-state index contributed by atoms with van der Waals surface area (Å²) in [4.78, 5) is 11.5. The van der Waals surface area contributed by atoms with Crippen molar-refractivity contribution in [2.45, 2.75) is 6.54 Å². The maximum atomic E-state index is 13.5. The van der Waals surface area contributed by atoms with Gasteiger partial charge in [-0.1, -0.05) is 15.9 Å². The number of nitrogens with two attached hydrogens (primary N) is 1. The Hall–Kier alpha value is -1.69. The zero-order chi connectivity index (χ0) is 12.4. The van der Waals surface area contributed by atoms with Crippen LogP contribution in [0.3, 0.4) is 0 Å². The number of aromatic nitrogens is 2. The third kappa shape index (κ3) is 2.71. The van der Waals surface area contributed by atoms with E-state index in [9.17, 15) is 9.18 Å². The average molecular weight is 298 g/mol. The minimum atomic E-state index is -0.376. The number of rotatable bonds is 2. The highest BCUT2D eigenvalue weighted by Crippen LogP contribution is 2.15. The Balaban J connectivity index is 2.38. The SMILES string of the molecule is Nc1cnn(Cc2cc(Br)ccc2F)c(=O)c1. The molecule has 0 aliphatic rings. The first-order valence-corrected chi connectivity index (χ1v) is 5.62. The summed E-state index contributed by atoms with van der Waals surface area (Å²) < 4.78 is 15.4. The van der Waals surface area contributed by atoms with E-state index >= 15 is 0 Å². The van der Waals surface area contributed by atoms with Gasteiger partial charge in [-0.15, -0.1) is 0 Å². The molecule has 1 aromatic carbocycles. The van der Waals surface area contributed by atoms with Crippen LogP contribution >= 0.6 is 15.9 Å². The van der Waals surface area contributed by atoms with Crippen LogP contribution in [0.1, 0.15) is 5.56 Å². The van der Waals surface area contributed by atoms with Crippen molar-refractivity contribution >= 4 is 21.6 Å². The normalized spacial score (nSPS) is 10.5. The second kappa shape index (κ2) is 4.67. The zero-order valence-electron chi connectivity index (χ0n) is 8.73. The molecule has 6 heteroatoms. The number of anilines is 1. The van der Waals surface area contributed by atoms with E-state index in [0.717, 1.165) is 9.15 Å². The first-order valence-electron chi connectivity index (χ1n) is 4.83. The Kier molecular flexibility index (Phi) is 3.23. The lowest BCUT2D eigenvalue weighted by Gasteiger charge is -2.06. The Labute approximate surface area is 105 Å². The standard InChI is InChI=1S/C11H9BrFN3O/c12-8-1-2-10(13)7(3-8)6-16-11(17)4-9(14)5-15-16/h1-5H,6,14H2. The van der Waals surface area contributed by atoms with Crippen molar-refractivity contribution in [2.24, 2.45) is 0 Å². The van der Waals surface area contributed by atoms with Crippen LogP contribution in [0.4, 0.5) is 10.1 Å². The van der Waals surface area contributed by atoms with Crippen LogP contribution in [-0.4, -0.2) is 9.78 Å². The van der Waals surface area contributed by atoms with Gasteiger partial charge in [0.05, 0.1) is 18.4 Å². The minimum absolute atomic E-state index is 0.0738. The lowest BCUT2D eigenvalue weighted by Crippen LogP contribution is -2.23. The number of benzene rings is 1. The predicted molar refractivity (Wildman–Crippen MR) is 66.1 cm³/mol. The summed E-state index contributed by atoms with van der Waals surface area (Å²) in [6, 6.07) is 5.79. The highest BCUT2D eigenvalue weighted by atomic mass is 79.9. The fourth-order valence-electron chi connectivity index (χ4n) is 1.39. The number of hydrogen-bond acceptors (Lipinski definition) is 3. The first kappa shape index (κ1) is 11.8. The molecule has 0 aliphatic heterocycles. The zero-order valence-corrected chi connectivity index (χ0v) is 10.3. The van der Waals surface area contributed by atoms with Gasteiger partial charge in [-0.3, -0.25) is 4.79 Å². The third-order valence-corrected chi connectivity index (χ3v) is 2.71. The number of nitrogens with zero attached hydrogens (tertiary/aromatic N) is 2. The second-order valence-corrected chi connectivity index (χ2v) is 4.44. The van der Waals surface area contributed by atoms with Crippen molar-refractivity contribution in [3.05, 3.63) is 56.7 Å². The van der Waals surface area contributed by atoms with E-state index in [1.807, 2.05) is 0 Å². The van der Waals surface area contributed by atoms with Gasteiger partial charge in [0.15, 0.2) is 0 Å². The van der Waals surface area contributed by atoms with Crippen LogP contribution in [0.25, 0.3) is 0 Å². The monoisotopic (exact) mass is 297 g/mol. The molecule has 2 N–H and O–H groups in total. The van der Waals surface area contributed by atoms with E-state index in [4.69, 9.17) is 5.73 Å². The molecule has 0 aliphatic carbocycles. The Morgan fingerprint density at radius 2 is 2.18 bits per heavy atom. The quantitative estimate of drug-likeness (QED) is 0.919. The smallest absolute Gasteiger partial charge is 0.269 e. The van der Waals surface area contributed by atoms with E-state index in [1.54, 1.807) is 12.1 Å². The van der Waals surface area contributed by atoms with Gasteiger partial charge < -0.3 is 5.73 Å². The highest BCUT2D eigenvalue weighted by molar-refractivity contribution is 9.10. The number of nitrogen functional groups attached to an aromatic ring is 1. The van der Waals surface area contributed by atoms with Crippen LogP contribution in [0.2, 0.25) is 0 Å². The van der Waals surface area contributed by atoms with Gasteiger partial charge in [-0.2, -0.15) is 5.10 Å². The average Bonchev–Trinajstić information content (AvgIpc) is 2.27. The molecule has 0 radical (unpaired) electrons. The van der Waals surface area contributed by atoms with Crippen molar-refractivity contribution in [1.82, 2.24) is 9.78 Å². The molecule has 2 rings (SSSR count). The molecule has 17 heavy (non-hydrogen) atoms. The van der Waals surface area contributed by atoms with E-state index in [0.29, 0.717) is 11.3 Å². The van der Waals surface area contributed by atoms with Crippen molar-refractivity contribution in [2.75, 3.05) is 5.73 Å². The van der Waals surface area contributed by atoms with Crippen LogP contribution < -0.4 is 11.3 Å². The summed E-state index contributed by atoms with van der Waals surface area (Å²) in [5.74, 6) is -0.376. The minimum Gasteiger partial charge on any atom is -0.397 e. The predicted octanol–water partition coefficient (Wildman–Crippen LogP) is 1.78. The molecule has 2 aromatic rings. The summed E-state index contributed by atoms with van der Waals surface area (Å²) in [6.07, 6.45) is 1.36. The van der Waals surface area contributed by atoms with Crippen molar-refractivity contribution in [3.63, 3.8) is 0 Å². The molecule has 0 saturated heterocycles. The molecule has 1 aromatic heterocycles. The van der Waals surface area contributed by atoms with Crippen LogP contribution in [0, 0.1) is 5.82 Å². The van der Waals surface area contributed by atoms with E-state index in [-0.39, 0.29) is 17.9 Å². The van der Waals surface area contributed by atoms with Gasteiger partial charge in [0.2, 0.25) is 0 Å². The number of halogens is 2. The maximum Gasteiger partial charge on any atom is 0.269 e. The molecule has 0 unspecified atom stereocenters. The second-order valence-electron chi connectivity index (χ2n) is 3.52. The fraction of sp³-hybridized carbons (Fsp3) is 0.0909. The summed E-state index contributed by atoms with van der Waals surface area (Å²) in [5.41, 5.74) is 5.74. The molecule has 0 spiro atoms. The largest absolute Gasteiger partial charge is 0.397 e. The van der Waals surface area contributed by atoms with Gasteiger partial charge in [-0.25, -0.2) is 9.07 Å². The van der Waals surface area contributed by atoms with Crippen LogP contribution in [0.15, 0.2) is 39.7 Å². The van der Waals surface area contributed by atoms with Gasteiger partial charge >= 0.3 is 0 Å². The molecular weight excluding hydrogens is 289 g/mol. The fourth-order valence-corrected chi connectivity index (χ4v) is 1.80. The molecular formula is C11H9BrFN3O. The first-order chi connectivity index (χ1) is 8.06. The lowest BCUT2D eigenvalue weighted by molar-refractivity contribution is 0.572. The maximum absolute atomic E-state index is 13.5.